The summed E-state index contributed by atoms with van der Waals surface area (Å²) >= 11 is 0. The first kappa shape index (κ1) is 12.7. The van der Waals surface area contributed by atoms with Crippen molar-refractivity contribution in [3.05, 3.63) is 23.7 Å². The van der Waals surface area contributed by atoms with Gasteiger partial charge in [0.25, 0.3) is 5.91 Å². The molecule has 104 valence electrons. The van der Waals surface area contributed by atoms with Crippen LogP contribution in [0.5, 0.6) is 0 Å². The van der Waals surface area contributed by atoms with E-state index in [-0.39, 0.29) is 12.0 Å². The lowest BCUT2D eigenvalue weighted by Crippen LogP contribution is -2.44. The number of furan rings is 1. The molecular weight excluding hydrogens is 246 g/mol. The molecule has 2 aliphatic rings. The van der Waals surface area contributed by atoms with Gasteiger partial charge >= 0.3 is 0 Å². The van der Waals surface area contributed by atoms with Crippen LogP contribution in [0.2, 0.25) is 0 Å². The topological polar surface area (TPSA) is 91.7 Å². The van der Waals surface area contributed by atoms with Crippen molar-refractivity contribution >= 4 is 5.91 Å². The van der Waals surface area contributed by atoms with Crippen LogP contribution in [-0.2, 0) is 6.54 Å². The second kappa shape index (κ2) is 4.96. The fourth-order valence-corrected chi connectivity index (χ4v) is 3.41. The van der Waals surface area contributed by atoms with E-state index in [1.165, 1.54) is 6.26 Å². The Morgan fingerprint density at radius 3 is 2.79 bits per heavy atom. The molecule has 0 aromatic carbocycles. The molecule has 0 spiro atoms. The monoisotopic (exact) mass is 265 g/mol. The molecule has 2 unspecified atom stereocenters. The number of rotatable bonds is 3. The maximum atomic E-state index is 11.6. The van der Waals surface area contributed by atoms with Crippen LogP contribution in [0, 0.1) is 0 Å². The van der Waals surface area contributed by atoms with Crippen LogP contribution in [0.4, 0.5) is 0 Å². The van der Waals surface area contributed by atoms with Gasteiger partial charge in [-0.05, 0) is 31.7 Å². The maximum Gasteiger partial charge on any atom is 0.268 e. The zero-order chi connectivity index (χ0) is 13.4. The maximum absolute atomic E-state index is 11.6. The van der Waals surface area contributed by atoms with Gasteiger partial charge in [0.2, 0.25) is 0 Å². The second-order valence-electron chi connectivity index (χ2n) is 5.41. The highest BCUT2D eigenvalue weighted by molar-refractivity contribution is 5.94. The molecule has 1 aromatic heterocycles. The van der Waals surface area contributed by atoms with Crippen molar-refractivity contribution in [3.8, 4) is 0 Å². The third kappa shape index (κ3) is 2.27. The Hall–Kier alpha value is -1.37. The average molecular weight is 265 g/mol. The van der Waals surface area contributed by atoms with Crippen LogP contribution in [0.1, 0.15) is 41.8 Å². The lowest BCUT2D eigenvalue weighted by molar-refractivity contribution is 0.0273. The summed E-state index contributed by atoms with van der Waals surface area (Å²) in [5.41, 5.74) is 2.63. The molecule has 2 atom stereocenters. The molecule has 6 nitrogen and oxygen atoms in total. The number of fused-ring (bicyclic) bond motifs is 2. The molecule has 6 heteroatoms. The molecule has 1 amide bonds. The van der Waals surface area contributed by atoms with Crippen LogP contribution < -0.4 is 11.3 Å². The van der Waals surface area contributed by atoms with Gasteiger partial charge in [-0.2, -0.15) is 0 Å². The minimum absolute atomic E-state index is 0.183. The predicted molar refractivity (Wildman–Crippen MR) is 68.0 cm³/mol. The quantitative estimate of drug-likeness (QED) is 0.417. The van der Waals surface area contributed by atoms with E-state index in [0.29, 0.717) is 30.0 Å². The first-order chi connectivity index (χ1) is 9.19. The number of hydrazine groups is 1. The summed E-state index contributed by atoms with van der Waals surface area (Å²) in [7, 11) is 0. The third-order valence-electron chi connectivity index (χ3n) is 4.31. The lowest BCUT2D eigenvalue weighted by Gasteiger charge is -2.36. The summed E-state index contributed by atoms with van der Waals surface area (Å²) in [6, 6.07) is 2.43. The Kier molecular flexibility index (Phi) is 3.30. The molecule has 2 saturated heterocycles. The van der Waals surface area contributed by atoms with Crippen molar-refractivity contribution in [2.45, 2.75) is 50.4 Å². The second-order valence-corrected chi connectivity index (χ2v) is 5.41. The minimum atomic E-state index is -0.326. The van der Waals surface area contributed by atoms with Crippen molar-refractivity contribution in [2.24, 2.45) is 5.84 Å². The van der Waals surface area contributed by atoms with Gasteiger partial charge < -0.3 is 9.52 Å². The number of amides is 1. The van der Waals surface area contributed by atoms with Crippen LogP contribution in [0.3, 0.4) is 0 Å². The van der Waals surface area contributed by atoms with Gasteiger partial charge in [-0.15, -0.1) is 0 Å². The highest BCUT2D eigenvalue weighted by Crippen LogP contribution is 2.37. The van der Waals surface area contributed by atoms with E-state index < -0.39 is 0 Å². The molecular formula is C13H19N3O3. The summed E-state index contributed by atoms with van der Waals surface area (Å²) in [6.07, 6.45) is 5.19. The van der Waals surface area contributed by atoms with E-state index in [1.54, 1.807) is 6.07 Å². The number of carbonyl (C=O) groups is 1. The number of hydrogen-bond donors (Lipinski definition) is 3. The van der Waals surface area contributed by atoms with E-state index in [2.05, 4.69) is 10.3 Å². The summed E-state index contributed by atoms with van der Waals surface area (Å²) in [5, 5.41) is 9.78. The van der Waals surface area contributed by atoms with Gasteiger partial charge in [0.05, 0.1) is 24.5 Å². The number of aliphatic hydroxyl groups excluding tert-OH is 1. The first-order valence-corrected chi connectivity index (χ1v) is 6.70. The van der Waals surface area contributed by atoms with Crippen molar-refractivity contribution in [1.82, 2.24) is 10.3 Å². The van der Waals surface area contributed by atoms with Crippen molar-refractivity contribution < 1.29 is 14.3 Å². The van der Waals surface area contributed by atoms with E-state index in [9.17, 15) is 9.90 Å². The highest BCUT2D eigenvalue weighted by atomic mass is 16.3. The summed E-state index contributed by atoms with van der Waals surface area (Å²) < 4.78 is 5.42. The SMILES string of the molecule is NNC(=O)c1ccoc1CN1C2CCC1CC(O)C2. The molecule has 0 radical (unpaired) electrons. The third-order valence-corrected chi connectivity index (χ3v) is 4.31. The molecule has 3 heterocycles. The normalized spacial score (nSPS) is 30.5. The lowest BCUT2D eigenvalue weighted by atomic mass is 9.99. The zero-order valence-electron chi connectivity index (χ0n) is 10.7. The van der Waals surface area contributed by atoms with Crippen LogP contribution >= 0.6 is 0 Å². The molecule has 4 N–H and O–H groups in total. The van der Waals surface area contributed by atoms with E-state index in [1.807, 2.05) is 0 Å². The van der Waals surface area contributed by atoms with Crippen molar-refractivity contribution in [1.29, 1.82) is 0 Å². The molecule has 19 heavy (non-hydrogen) atoms. The fourth-order valence-electron chi connectivity index (χ4n) is 3.41. The van der Waals surface area contributed by atoms with Gasteiger partial charge in [-0.3, -0.25) is 15.1 Å². The smallest absolute Gasteiger partial charge is 0.268 e. The Morgan fingerprint density at radius 2 is 2.16 bits per heavy atom. The molecule has 0 saturated carbocycles. The van der Waals surface area contributed by atoms with E-state index in [0.717, 1.165) is 25.7 Å². The molecule has 3 rings (SSSR count). The molecule has 2 fully saturated rings. The highest BCUT2D eigenvalue weighted by Gasteiger charge is 2.40. The Labute approximate surface area is 111 Å². The fraction of sp³-hybridized carbons (Fsp3) is 0.615. The first-order valence-electron chi connectivity index (χ1n) is 6.70. The Bertz CT molecular complexity index is 459. The number of nitrogens with zero attached hydrogens (tertiary/aromatic N) is 1. The largest absolute Gasteiger partial charge is 0.467 e. The number of carbonyl (C=O) groups excluding carboxylic acids is 1. The van der Waals surface area contributed by atoms with E-state index >= 15 is 0 Å². The summed E-state index contributed by atoms with van der Waals surface area (Å²) in [6.45, 7) is 0.609. The summed E-state index contributed by atoms with van der Waals surface area (Å²) in [5.74, 6) is 5.49. The van der Waals surface area contributed by atoms with Gasteiger partial charge in [0.1, 0.15) is 5.76 Å². The van der Waals surface area contributed by atoms with Gasteiger partial charge in [0, 0.05) is 12.1 Å². The van der Waals surface area contributed by atoms with Crippen LogP contribution in [0.25, 0.3) is 0 Å². The van der Waals surface area contributed by atoms with Gasteiger partial charge in [-0.1, -0.05) is 0 Å². The number of nitrogens with two attached hydrogens (primary N) is 1. The number of aliphatic hydroxyl groups is 1. The number of nitrogens with one attached hydrogen (secondary N) is 1. The molecule has 1 aromatic rings. The number of piperidine rings is 1. The zero-order valence-corrected chi connectivity index (χ0v) is 10.7. The van der Waals surface area contributed by atoms with Crippen molar-refractivity contribution in [2.75, 3.05) is 0 Å². The summed E-state index contributed by atoms with van der Waals surface area (Å²) in [4.78, 5) is 14.0. The van der Waals surface area contributed by atoms with Crippen LogP contribution in [-0.4, -0.2) is 34.1 Å². The van der Waals surface area contributed by atoms with Crippen molar-refractivity contribution in [3.63, 3.8) is 0 Å². The average Bonchev–Trinajstić information content (AvgIpc) is 2.94. The Morgan fingerprint density at radius 1 is 1.47 bits per heavy atom. The van der Waals surface area contributed by atoms with Gasteiger partial charge in [0.15, 0.2) is 0 Å². The standard InChI is InChI=1S/C13H19N3O3/c14-15-13(18)11-3-4-19-12(11)7-16-8-1-2-9(16)6-10(17)5-8/h3-4,8-10,17H,1-2,5-7,14H2,(H,15,18). The molecule has 2 bridgehead atoms. The molecule has 2 aliphatic heterocycles. The number of hydrogen-bond acceptors (Lipinski definition) is 5. The molecule has 0 aliphatic carbocycles. The number of nitrogen functional groups attached to an aromatic ring is 1. The van der Waals surface area contributed by atoms with Gasteiger partial charge in [-0.25, -0.2) is 5.84 Å². The van der Waals surface area contributed by atoms with E-state index in [4.69, 9.17) is 10.3 Å². The minimum Gasteiger partial charge on any atom is -0.467 e. The van der Waals surface area contributed by atoms with Crippen LogP contribution in [0.15, 0.2) is 16.7 Å². The Balaban J connectivity index is 1.76. The predicted octanol–water partition coefficient (Wildman–Crippen LogP) is 0.371.